The molecule has 0 saturated carbocycles. The molecule has 0 aliphatic carbocycles. The minimum absolute atomic E-state index is 0.0222. The van der Waals surface area contributed by atoms with Gasteiger partial charge in [0.15, 0.2) is 0 Å². The van der Waals surface area contributed by atoms with Crippen molar-refractivity contribution in [3.8, 4) is 0 Å². The van der Waals surface area contributed by atoms with E-state index in [2.05, 4.69) is 62.5 Å². The highest BCUT2D eigenvalue weighted by Crippen LogP contribution is 2.38. The van der Waals surface area contributed by atoms with Crippen LogP contribution >= 0.6 is 7.82 Å². The molecule has 0 rings (SSSR count). The van der Waals surface area contributed by atoms with Gasteiger partial charge in [0, 0.05) is 12.8 Å². The number of carbonyl (C=O) groups excluding carboxylic acids is 2. The molecule has 0 heterocycles. The highest BCUT2D eigenvalue weighted by molar-refractivity contribution is 7.45. The molecule has 0 aliphatic rings. The number of hydrogen-bond donors (Lipinski definition) is 1. The Kier molecular flexibility index (Phi) is 57.6. The van der Waals surface area contributed by atoms with E-state index in [-0.39, 0.29) is 31.5 Å². The average molecular weight is 1130 g/mol. The number of rotatable bonds is 62. The molecule has 3 atom stereocenters. The van der Waals surface area contributed by atoms with Gasteiger partial charge in [0.25, 0.3) is 7.82 Å². The Morgan fingerprint density at radius 3 is 1.18 bits per heavy atom. The third-order valence-corrected chi connectivity index (χ3v) is 16.2. The van der Waals surface area contributed by atoms with Crippen LogP contribution in [0.4, 0.5) is 0 Å². The van der Waals surface area contributed by atoms with Gasteiger partial charge in [-0.2, -0.15) is 0 Å². The Morgan fingerprint density at radius 1 is 0.443 bits per heavy atom. The first-order chi connectivity index (χ1) is 38.4. The largest absolute Gasteiger partial charge is 0.756 e. The maximum Gasteiger partial charge on any atom is 0.306 e. The van der Waals surface area contributed by atoms with Crippen molar-refractivity contribution < 1.29 is 37.3 Å². The number of nitrogens with zero attached hydrogens (tertiary/aromatic N) is 1. The molecule has 9 nitrogen and oxygen atoms in total. The predicted octanol–water partition coefficient (Wildman–Crippen LogP) is 20.6. The van der Waals surface area contributed by atoms with Gasteiger partial charge in [-0.25, -0.2) is 0 Å². The number of amides is 1. The van der Waals surface area contributed by atoms with E-state index >= 15 is 0 Å². The van der Waals surface area contributed by atoms with Crippen LogP contribution in [0.15, 0.2) is 48.6 Å². The van der Waals surface area contributed by atoms with Crippen molar-refractivity contribution >= 4 is 19.7 Å². The van der Waals surface area contributed by atoms with Crippen molar-refractivity contribution in [2.24, 2.45) is 0 Å². The molecule has 0 aromatic rings. The molecule has 79 heavy (non-hydrogen) atoms. The molecule has 3 unspecified atom stereocenters. The fourth-order valence-corrected chi connectivity index (χ4v) is 10.7. The summed E-state index contributed by atoms with van der Waals surface area (Å²) >= 11 is 0. The Balaban J connectivity index is 5.17. The van der Waals surface area contributed by atoms with Crippen LogP contribution in [0, 0.1) is 0 Å². The summed E-state index contributed by atoms with van der Waals surface area (Å²) in [4.78, 5) is 40.1. The highest BCUT2D eigenvalue weighted by atomic mass is 31.2. The number of ether oxygens (including phenoxy) is 1. The number of carbonyl (C=O) groups is 2. The van der Waals surface area contributed by atoms with Crippen molar-refractivity contribution in [3.05, 3.63) is 48.6 Å². The number of phosphoric acid groups is 1. The first-order valence-corrected chi connectivity index (χ1v) is 35.4. The average Bonchev–Trinajstić information content (AvgIpc) is 3.41. The first-order valence-electron chi connectivity index (χ1n) is 33.9. The molecule has 0 aromatic heterocycles. The molecule has 0 spiro atoms. The van der Waals surface area contributed by atoms with E-state index < -0.39 is 20.0 Å². The minimum Gasteiger partial charge on any atom is -0.756 e. The van der Waals surface area contributed by atoms with E-state index in [4.69, 9.17) is 13.8 Å². The molecule has 0 fully saturated rings. The summed E-state index contributed by atoms with van der Waals surface area (Å²) in [6.07, 6.45) is 73.6. The molecule has 0 aliphatic heterocycles. The van der Waals surface area contributed by atoms with Crippen molar-refractivity contribution in [2.45, 2.75) is 341 Å². The SMILES string of the molecule is CCCCC/C=C\C/C=C\CCCCCCCCCCCC(=O)OC(/C=C/CCCCCCCCCCCCC)C(COP(=O)([O-])OCC[N+](C)(C)C)NC(=O)CCCCCCCCCCCCC/C=C/CCCCCCCC. The molecule has 0 saturated heterocycles. The third kappa shape index (κ3) is 60.4. The first kappa shape index (κ1) is 77.0. The minimum atomic E-state index is -4.70. The van der Waals surface area contributed by atoms with Crippen molar-refractivity contribution in [2.75, 3.05) is 40.9 Å². The van der Waals surface area contributed by atoms with Crippen LogP contribution in [-0.4, -0.2) is 69.4 Å². The van der Waals surface area contributed by atoms with E-state index in [1.165, 1.54) is 231 Å². The number of unbranched alkanes of at least 4 members (excludes halogenated alkanes) is 40. The monoisotopic (exact) mass is 1130 g/mol. The smallest absolute Gasteiger partial charge is 0.306 e. The second-order valence-electron chi connectivity index (χ2n) is 24.3. The summed E-state index contributed by atoms with van der Waals surface area (Å²) in [5, 5.41) is 3.04. The van der Waals surface area contributed by atoms with Crippen LogP contribution in [-0.2, 0) is 27.9 Å². The van der Waals surface area contributed by atoms with E-state index in [1.807, 2.05) is 33.3 Å². The lowest BCUT2D eigenvalue weighted by Gasteiger charge is -2.30. The van der Waals surface area contributed by atoms with Crippen LogP contribution in [0.5, 0.6) is 0 Å². The molecule has 1 amide bonds. The maximum atomic E-state index is 13.6. The highest BCUT2D eigenvalue weighted by Gasteiger charge is 2.27. The second-order valence-corrected chi connectivity index (χ2v) is 25.7. The quantitative estimate of drug-likeness (QED) is 0.0212. The molecule has 0 aromatic carbocycles. The standard InChI is InChI=1S/C69H131N2O7P/c1-7-10-13-16-19-22-25-28-30-32-34-35-37-38-40-43-46-49-52-55-58-61-68(72)70-66(65-77-79(74,75)76-64-63-71(4,5)6)67(60-57-54-51-48-45-42-27-24-21-18-15-12-9-3)78-69(73)62-59-56-53-50-47-44-41-39-36-33-31-29-26-23-20-17-14-11-8-2/h20,23,28-31,57,60,66-67H,7-19,21-22,24-27,32-56,58-59,61-65H2,1-6H3,(H-,70,72,74,75)/b23-20-,30-28+,31-29-,60-57+. The zero-order valence-corrected chi connectivity index (χ0v) is 54.0. The lowest BCUT2D eigenvalue weighted by atomic mass is 10.0. The van der Waals surface area contributed by atoms with Crippen molar-refractivity contribution in [1.29, 1.82) is 0 Å². The Hall–Kier alpha value is -2.03. The number of phosphoric ester groups is 1. The molecular weight excluding hydrogens is 1000 g/mol. The number of hydrogen-bond acceptors (Lipinski definition) is 7. The Morgan fingerprint density at radius 2 is 0.772 bits per heavy atom. The summed E-state index contributed by atoms with van der Waals surface area (Å²) in [6.45, 7) is 6.85. The normalized spacial score (nSPS) is 13.9. The van der Waals surface area contributed by atoms with Crippen LogP contribution in [0.2, 0.25) is 0 Å². The Bertz CT molecular complexity index is 1490. The Labute approximate surface area is 490 Å². The zero-order chi connectivity index (χ0) is 57.9. The van der Waals surface area contributed by atoms with Gasteiger partial charge in [0.1, 0.15) is 19.3 Å². The van der Waals surface area contributed by atoms with Gasteiger partial charge in [-0.05, 0) is 89.5 Å². The molecular formula is C69H131N2O7P. The number of allylic oxidation sites excluding steroid dienone is 7. The van der Waals surface area contributed by atoms with E-state index in [9.17, 15) is 19.0 Å². The van der Waals surface area contributed by atoms with Gasteiger partial charge in [0.05, 0.1) is 33.8 Å². The number of likely N-dealkylation sites (N-methyl/N-ethyl adjacent to an activating group) is 1. The summed E-state index contributed by atoms with van der Waals surface area (Å²) in [5.41, 5.74) is 0. The van der Waals surface area contributed by atoms with Gasteiger partial charge in [0.2, 0.25) is 5.91 Å². The van der Waals surface area contributed by atoms with Crippen LogP contribution in [0.1, 0.15) is 329 Å². The summed E-state index contributed by atoms with van der Waals surface area (Å²) in [6, 6.07) is -0.890. The fourth-order valence-electron chi connectivity index (χ4n) is 9.96. The van der Waals surface area contributed by atoms with Gasteiger partial charge in [-0.15, -0.1) is 0 Å². The molecule has 464 valence electrons. The van der Waals surface area contributed by atoms with Crippen LogP contribution in [0.3, 0.4) is 0 Å². The van der Waals surface area contributed by atoms with E-state index in [1.54, 1.807) is 0 Å². The number of nitrogens with one attached hydrogen (secondary N) is 1. The van der Waals surface area contributed by atoms with E-state index in [0.29, 0.717) is 17.4 Å². The van der Waals surface area contributed by atoms with Crippen LogP contribution in [0.25, 0.3) is 0 Å². The van der Waals surface area contributed by atoms with Gasteiger partial charge in [-0.3, -0.25) is 14.2 Å². The fraction of sp³-hybridized carbons (Fsp3) is 0.855. The summed E-state index contributed by atoms with van der Waals surface area (Å²) < 4.78 is 30.4. The number of quaternary nitrogens is 1. The van der Waals surface area contributed by atoms with Gasteiger partial charge in [-0.1, -0.05) is 275 Å². The third-order valence-electron chi connectivity index (χ3n) is 15.2. The second kappa shape index (κ2) is 59.1. The lowest BCUT2D eigenvalue weighted by Crippen LogP contribution is -2.47. The zero-order valence-electron chi connectivity index (χ0n) is 53.1. The molecule has 10 heteroatoms. The van der Waals surface area contributed by atoms with Gasteiger partial charge >= 0.3 is 5.97 Å². The van der Waals surface area contributed by atoms with Crippen molar-refractivity contribution in [1.82, 2.24) is 5.32 Å². The molecule has 0 bridgehead atoms. The predicted molar refractivity (Wildman–Crippen MR) is 339 cm³/mol. The van der Waals surface area contributed by atoms with Crippen molar-refractivity contribution in [3.63, 3.8) is 0 Å². The van der Waals surface area contributed by atoms with Crippen LogP contribution < -0.4 is 10.2 Å². The van der Waals surface area contributed by atoms with Gasteiger partial charge < -0.3 is 28.5 Å². The van der Waals surface area contributed by atoms with E-state index in [0.717, 1.165) is 64.2 Å². The summed E-state index contributed by atoms with van der Waals surface area (Å²) in [7, 11) is 1.19. The molecule has 1 N–H and O–H groups in total. The maximum absolute atomic E-state index is 13.6. The topological polar surface area (TPSA) is 114 Å². The summed E-state index contributed by atoms with van der Waals surface area (Å²) in [5.74, 6) is -0.534. The number of esters is 1. The molecule has 0 radical (unpaired) electrons. The lowest BCUT2D eigenvalue weighted by molar-refractivity contribution is -0.870.